The summed E-state index contributed by atoms with van der Waals surface area (Å²) in [6.07, 6.45) is 0. The van der Waals surface area contributed by atoms with Crippen molar-refractivity contribution in [3.63, 3.8) is 0 Å². The van der Waals surface area contributed by atoms with Gasteiger partial charge in [-0.1, -0.05) is 24.3 Å². The van der Waals surface area contributed by atoms with Crippen LogP contribution in [-0.4, -0.2) is 25.5 Å². The van der Waals surface area contributed by atoms with Crippen molar-refractivity contribution in [1.82, 2.24) is 5.32 Å². The molecule has 2 aromatic carbocycles. The van der Waals surface area contributed by atoms with Crippen LogP contribution < -0.4 is 10.2 Å². The fourth-order valence-corrected chi connectivity index (χ4v) is 2.14. The number of amides is 1. The highest BCUT2D eigenvalue weighted by Crippen LogP contribution is 2.11. The van der Waals surface area contributed by atoms with Crippen molar-refractivity contribution in [2.24, 2.45) is 0 Å². The maximum absolute atomic E-state index is 13.1. The van der Waals surface area contributed by atoms with Crippen molar-refractivity contribution in [1.29, 1.82) is 0 Å². The van der Waals surface area contributed by atoms with E-state index in [1.165, 1.54) is 18.2 Å². The summed E-state index contributed by atoms with van der Waals surface area (Å²) in [6, 6.07) is 15.7. The van der Waals surface area contributed by atoms with Crippen LogP contribution >= 0.6 is 0 Å². The van der Waals surface area contributed by atoms with E-state index in [-0.39, 0.29) is 5.91 Å². The largest absolute Gasteiger partial charge is 0.370 e. The van der Waals surface area contributed by atoms with E-state index in [1.54, 1.807) is 6.07 Å². The summed E-state index contributed by atoms with van der Waals surface area (Å²) < 4.78 is 13.1. The molecular weight excluding hydrogens is 267 g/mol. The normalized spacial score (nSPS) is 10.2. The summed E-state index contributed by atoms with van der Waals surface area (Å²) in [4.78, 5) is 14.1. The standard InChI is InChI=1S/C17H19FN2O/c1-2-20(16-9-4-3-5-10-16)12-11-19-17(21)14-7-6-8-15(18)13-14/h3-10,13H,2,11-12H2,1H3,(H,19,21). The van der Waals surface area contributed by atoms with Gasteiger partial charge in [0.05, 0.1) is 0 Å². The minimum Gasteiger partial charge on any atom is -0.370 e. The summed E-state index contributed by atoms with van der Waals surface area (Å²) in [5.74, 6) is -0.652. The molecule has 2 aromatic rings. The molecule has 0 spiro atoms. The maximum atomic E-state index is 13.1. The van der Waals surface area contributed by atoms with Gasteiger partial charge in [-0.15, -0.1) is 0 Å². The Morgan fingerprint density at radius 2 is 1.90 bits per heavy atom. The predicted molar refractivity (Wildman–Crippen MR) is 83.1 cm³/mol. The summed E-state index contributed by atoms with van der Waals surface area (Å²) in [5.41, 5.74) is 1.47. The predicted octanol–water partition coefficient (Wildman–Crippen LogP) is 3.08. The number of para-hydroxylation sites is 1. The first-order valence-electron chi connectivity index (χ1n) is 7.04. The van der Waals surface area contributed by atoms with Crippen LogP contribution in [0.25, 0.3) is 0 Å². The second kappa shape index (κ2) is 7.43. The lowest BCUT2D eigenvalue weighted by molar-refractivity contribution is 0.0954. The molecule has 1 N–H and O–H groups in total. The van der Waals surface area contributed by atoms with Gasteiger partial charge in [0.15, 0.2) is 0 Å². The van der Waals surface area contributed by atoms with Gasteiger partial charge in [0.2, 0.25) is 0 Å². The lowest BCUT2D eigenvalue weighted by atomic mass is 10.2. The van der Waals surface area contributed by atoms with Gasteiger partial charge in [-0.05, 0) is 37.3 Å². The highest BCUT2D eigenvalue weighted by molar-refractivity contribution is 5.94. The molecule has 0 aliphatic carbocycles. The number of rotatable bonds is 6. The minimum atomic E-state index is -0.401. The third-order valence-corrected chi connectivity index (χ3v) is 3.26. The van der Waals surface area contributed by atoms with Gasteiger partial charge in [-0.2, -0.15) is 0 Å². The number of benzene rings is 2. The molecule has 0 fully saturated rings. The van der Waals surface area contributed by atoms with Crippen LogP contribution in [0.1, 0.15) is 17.3 Å². The van der Waals surface area contributed by atoms with Crippen molar-refractivity contribution in [2.45, 2.75) is 6.92 Å². The third kappa shape index (κ3) is 4.31. The Balaban J connectivity index is 1.87. The first kappa shape index (κ1) is 15.0. The number of nitrogens with one attached hydrogen (secondary N) is 1. The average Bonchev–Trinajstić information content (AvgIpc) is 2.52. The number of halogens is 1. The van der Waals surface area contributed by atoms with Crippen molar-refractivity contribution < 1.29 is 9.18 Å². The molecule has 0 saturated heterocycles. The SMILES string of the molecule is CCN(CCNC(=O)c1cccc(F)c1)c1ccccc1. The molecule has 2 rings (SSSR count). The molecule has 0 aliphatic heterocycles. The van der Waals surface area contributed by atoms with E-state index >= 15 is 0 Å². The monoisotopic (exact) mass is 286 g/mol. The van der Waals surface area contributed by atoms with Gasteiger partial charge in [0.25, 0.3) is 5.91 Å². The van der Waals surface area contributed by atoms with Crippen LogP contribution in [0.5, 0.6) is 0 Å². The molecule has 0 aliphatic rings. The maximum Gasteiger partial charge on any atom is 0.251 e. The van der Waals surface area contributed by atoms with Crippen molar-refractivity contribution in [3.8, 4) is 0 Å². The highest BCUT2D eigenvalue weighted by atomic mass is 19.1. The highest BCUT2D eigenvalue weighted by Gasteiger charge is 2.07. The molecule has 0 bridgehead atoms. The number of likely N-dealkylation sites (N-methyl/N-ethyl adjacent to an activating group) is 1. The molecule has 0 aromatic heterocycles. The fourth-order valence-electron chi connectivity index (χ4n) is 2.14. The Kier molecular flexibility index (Phi) is 5.32. The lowest BCUT2D eigenvalue weighted by Crippen LogP contribution is -2.34. The number of hydrogen-bond donors (Lipinski definition) is 1. The Labute approximate surface area is 124 Å². The van der Waals surface area contributed by atoms with Crippen LogP contribution in [0.2, 0.25) is 0 Å². The average molecular weight is 286 g/mol. The van der Waals surface area contributed by atoms with E-state index in [0.29, 0.717) is 18.7 Å². The lowest BCUT2D eigenvalue weighted by Gasteiger charge is -2.23. The Morgan fingerprint density at radius 3 is 2.57 bits per heavy atom. The molecule has 4 heteroatoms. The number of nitrogens with zero attached hydrogens (tertiary/aromatic N) is 1. The van der Waals surface area contributed by atoms with Crippen molar-refractivity contribution in [2.75, 3.05) is 24.5 Å². The van der Waals surface area contributed by atoms with E-state index in [9.17, 15) is 9.18 Å². The van der Waals surface area contributed by atoms with Gasteiger partial charge in [0.1, 0.15) is 5.82 Å². The summed E-state index contributed by atoms with van der Waals surface area (Å²) in [6.45, 7) is 4.15. The van der Waals surface area contributed by atoms with Crippen LogP contribution in [0.3, 0.4) is 0 Å². The molecule has 0 radical (unpaired) electrons. The molecular formula is C17H19FN2O. The zero-order chi connectivity index (χ0) is 15.1. The van der Waals surface area contributed by atoms with Gasteiger partial charge in [-0.3, -0.25) is 4.79 Å². The second-order valence-corrected chi connectivity index (χ2v) is 4.68. The van der Waals surface area contributed by atoms with Crippen molar-refractivity contribution >= 4 is 11.6 Å². The molecule has 0 heterocycles. The topological polar surface area (TPSA) is 32.3 Å². The second-order valence-electron chi connectivity index (χ2n) is 4.68. The van der Waals surface area contributed by atoms with E-state index in [0.717, 1.165) is 12.2 Å². The Hall–Kier alpha value is -2.36. The van der Waals surface area contributed by atoms with Gasteiger partial charge in [-0.25, -0.2) is 4.39 Å². The van der Waals surface area contributed by atoms with E-state index in [2.05, 4.69) is 17.1 Å². The van der Waals surface area contributed by atoms with Gasteiger partial charge < -0.3 is 10.2 Å². The third-order valence-electron chi connectivity index (χ3n) is 3.26. The summed E-state index contributed by atoms with van der Waals surface area (Å²) in [7, 11) is 0. The smallest absolute Gasteiger partial charge is 0.251 e. The molecule has 3 nitrogen and oxygen atoms in total. The fraction of sp³-hybridized carbons (Fsp3) is 0.235. The van der Waals surface area contributed by atoms with E-state index in [4.69, 9.17) is 0 Å². The van der Waals surface area contributed by atoms with Crippen LogP contribution in [0, 0.1) is 5.82 Å². The van der Waals surface area contributed by atoms with E-state index < -0.39 is 5.82 Å². The zero-order valence-electron chi connectivity index (χ0n) is 12.1. The number of anilines is 1. The number of carbonyl (C=O) groups is 1. The first-order valence-corrected chi connectivity index (χ1v) is 7.04. The quantitative estimate of drug-likeness (QED) is 0.885. The molecule has 21 heavy (non-hydrogen) atoms. The van der Waals surface area contributed by atoms with Gasteiger partial charge >= 0.3 is 0 Å². The number of carbonyl (C=O) groups excluding carboxylic acids is 1. The molecule has 0 saturated carbocycles. The van der Waals surface area contributed by atoms with E-state index in [1.807, 2.05) is 30.3 Å². The van der Waals surface area contributed by atoms with Crippen molar-refractivity contribution in [3.05, 3.63) is 66.0 Å². The molecule has 1 amide bonds. The molecule has 110 valence electrons. The zero-order valence-corrected chi connectivity index (χ0v) is 12.1. The first-order chi connectivity index (χ1) is 10.2. The number of hydrogen-bond acceptors (Lipinski definition) is 2. The Morgan fingerprint density at radius 1 is 1.14 bits per heavy atom. The Bertz CT molecular complexity index is 586. The van der Waals surface area contributed by atoms with Crippen LogP contribution in [-0.2, 0) is 0 Å². The van der Waals surface area contributed by atoms with Crippen LogP contribution in [0.15, 0.2) is 54.6 Å². The molecule has 0 unspecified atom stereocenters. The summed E-state index contributed by atoms with van der Waals surface area (Å²) >= 11 is 0. The summed E-state index contributed by atoms with van der Waals surface area (Å²) in [5, 5.41) is 2.81. The minimum absolute atomic E-state index is 0.251. The van der Waals surface area contributed by atoms with Crippen LogP contribution in [0.4, 0.5) is 10.1 Å². The van der Waals surface area contributed by atoms with Gasteiger partial charge in [0, 0.05) is 30.9 Å². The molecule has 0 atom stereocenters.